The van der Waals surface area contributed by atoms with E-state index in [1.54, 1.807) is 24.3 Å². The van der Waals surface area contributed by atoms with Crippen LogP contribution < -0.4 is 0 Å². The highest BCUT2D eigenvalue weighted by atomic mass is 16.6. The zero-order chi connectivity index (χ0) is 17.1. The molecule has 0 N–H and O–H groups in total. The SMILES string of the molecule is CN1CCC(OC(=O)c2ccc(-c3ccc([N+](=O)[O-])cc3)o2)CC1. The fourth-order valence-corrected chi connectivity index (χ4v) is 2.66. The van der Waals surface area contributed by atoms with Gasteiger partial charge in [-0.25, -0.2) is 4.79 Å². The molecule has 3 rings (SSSR count). The molecule has 24 heavy (non-hydrogen) atoms. The number of hydrogen-bond donors (Lipinski definition) is 0. The number of nitro groups is 1. The smallest absolute Gasteiger partial charge is 0.374 e. The van der Waals surface area contributed by atoms with Crippen molar-refractivity contribution in [1.29, 1.82) is 0 Å². The number of ether oxygens (including phenoxy) is 1. The Kier molecular flexibility index (Phi) is 4.61. The van der Waals surface area contributed by atoms with Crippen LogP contribution in [0.1, 0.15) is 23.4 Å². The summed E-state index contributed by atoms with van der Waals surface area (Å²) in [5, 5.41) is 10.7. The van der Waals surface area contributed by atoms with Crippen LogP contribution >= 0.6 is 0 Å². The normalized spacial score (nSPS) is 16.0. The predicted molar refractivity (Wildman–Crippen MR) is 86.7 cm³/mol. The molecule has 2 heterocycles. The highest BCUT2D eigenvalue weighted by Gasteiger charge is 2.23. The van der Waals surface area contributed by atoms with Gasteiger partial charge in [-0.15, -0.1) is 0 Å². The Morgan fingerprint density at radius 3 is 2.50 bits per heavy atom. The second-order valence-electron chi connectivity index (χ2n) is 5.88. The third-order valence-corrected chi connectivity index (χ3v) is 4.11. The van der Waals surface area contributed by atoms with Gasteiger partial charge in [0.1, 0.15) is 11.9 Å². The molecular formula is C17H18N2O5. The van der Waals surface area contributed by atoms with Crippen LogP contribution in [0.3, 0.4) is 0 Å². The van der Waals surface area contributed by atoms with Gasteiger partial charge in [0.25, 0.3) is 5.69 Å². The van der Waals surface area contributed by atoms with Crippen LogP contribution in [0.2, 0.25) is 0 Å². The van der Waals surface area contributed by atoms with Gasteiger partial charge >= 0.3 is 5.97 Å². The van der Waals surface area contributed by atoms with E-state index in [9.17, 15) is 14.9 Å². The maximum absolute atomic E-state index is 12.2. The number of benzene rings is 1. The molecule has 0 amide bonds. The highest BCUT2D eigenvalue weighted by molar-refractivity contribution is 5.87. The van der Waals surface area contributed by atoms with E-state index in [4.69, 9.17) is 9.15 Å². The Balaban J connectivity index is 1.66. The van der Waals surface area contributed by atoms with E-state index in [0.717, 1.165) is 25.9 Å². The molecule has 1 aliphatic rings. The van der Waals surface area contributed by atoms with E-state index < -0.39 is 10.9 Å². The number of carbonyl (C=O) groups is 1. The second kappa shape index (κ2) is 6.84. The third kappa shape index (κ3) is 3.62. The first kappa shape index (κ1) is 16.2. The topological polar surface area (TPSA) is 85.8 Å². The van der Waals surface area contributed by atoms with Gasteiger partial charge in [-0.1, -0.05) is 0 Å². The second-order valence-corrected chi connectivity index (χ2v) is 5.88. The number of non-ortho nitro benzene ring substituents is 1. The molecule has 2 aromatic rings. The number of esters is 1. The fraction of sp³-hybridized carbons (Fsp3) is 0.353. The van der Waals surface area contributed by atoms with E-state index in [0.29, 0.717) is 11.3 Å². The first-order chi connectivity index (χ1) is 11.5. The lowest BCUT2D eigenvalue weighted by Crippen LogP contribution is -2.35. The number of likely N-dealkylation sites (tertiary alicyclic amines) is 1. The van der Waals surface area contributed by atoms with Gasteiger partial charge in [-0.2, -0.15) is 0 Å². The van der Waals surface area contributed by atoms with Gasteiger partial charge in [-0.3, -0.25) is 10.1 Å². The minimum Gasteiger partial charge on any atom is -0.456 e. The Bertz CT molecular complexity index is 730. The number of nitrogens with zero attached hydrogens (tertiary/aromatic N) is 2. The van der Waals surface area contributed by atoms with Crippen LogP contribution in [0, 0.1) is 10.1 Å². The van der Waals surface area contributed by atoms with Crippen LogP contribution in [0.5, 0.6) is 0 Å². The van der Waals surface area contributed by atoms with Gasteiger partial charge in [0.15, 0.2) is 0 Å². The van der Waals surface area contributed by atoms with Crippen LogP contribution in [0.4, 0.5) is 5.69 Å². The summed E-state index contributed by atoms with van der Waals surface area (Å²) in [7, 11) is 2.04. The number of rotatable bonds is 4. The summed E-state index contributed by atoms with van der Waals surface area (Å²) >= 11 is 0. The van der Waals surface area contributed by atoms with E-state index in [2.05, 4.69) is 4.90 Å². The summed E-state index contributed by atoms with van der Waals surface area (Å²) in [4.78, 5) is 24.6. The van der Waals surface area contributed by atoms with E-state index in [1.807, 2.05) is 7.05 Å². The molecule has 0 bridgehead atoms. The molecule has 1 aliphatic heterocycles. The average molecular weight is 330 g/mol. The Hall–Kier alpha value is -2.67. The zero-order valence-electron chi connectivity index (χ0n) is 13.3. The van der Waals surface area contributed by atoms with Gasteiger partial charge in [-0.05, 0) is 44.2 Å². The molecule has 0 unspecified atom stereocenters. The molecule has 0 atom stereocenters. The van der Waals surface area contributed by atoms with Crippen LogP contribution in [0.15, 0.2) is 40.8 Å². The lowest BCUT2D eigenvalue weighted by Gasteiger charge is -2.28. The van der Waals surface area contributed by atoms with Crippen molar-refractivity contribution in [3.63, 3.8) is 0 Å². The van der Waals surface area contributed by atoms with Crippen molar-refractivity contribution in [2.75, 3.05) is 20.1 Å². The van der Waals surface area contributed by atoms with E-state index >= 15 is 0 Å². The predicted octanol–water partition coefficient (Wildman–Crippen LogP) is 3.11. The number of hydrogen-bond acceptors (Lipinski definition) is 6. The summed E-state index contributed by atoms with van der Waals surface area (Å²) in [6.07, 6.45) is 1.55. The van der Waals surface area contributed by atoms with E-state index in [1.165, 1.54) is 12.1 Å². The van der Waals surface area contributed by atoms with Crippen molar-refractivity contribution in [3.8, 4) is 11.3 Å². The summed E-state index contributed by atoms with van der Waals surface area (Å²) in [5.74, 6) is 0.139. The maximum atomic E-state index is 12.2. The lowest BCUT2D eigenvalue weighted by molar-refractivity contribution is -0.384. The van der Waals surface area contributed by atoms with Gasteiger partial charge < -0.3 is 14.1 Å². The number of nitro benzene ring substituents is 1. The van der Waals surface area contributed by atoms with Crippen molar-refractivity contribution in [2.45, 2.75) is 18.9 Å². The molecule has 1 aromatic carbocycles. The molecule has 1 saturated heterocycles. The minimum absolute atomic E-state index is 0.00667. The Morgan fingerprint density at radius 2 is 1.88 bits per heavy atom. The van der Waals surface area contributed by atoms with Crippen molar-refractivity contribution >= 4 is 11.7 Å². The number of carbonyl (C=O) groups excluding carboxylic acids is 1. The molecule has 7 heteroatoms. The third-order valence-electron chi connectivity index (χ3n) is 4.11. The molecule has 0 radical (unpaired) electrons. The van der Waals surface area contributed by atoms with Crippen LogP contribution in [0.25, 0.3) is 11.3 Å². The van der Waals surface area contributed by atoms with Crippen LogP contribution in [-0.4, -0.2) is 42.0 Å². The molecular weight excluding hydrogens is 312 g/mol. The molecule has 7 nitrogen and oxygen atoms in total. The summed E-state index contributed by atoms with van der Waals surface area (Å²) in [6.45, 7) is 1.81. The van der Waals surface area contributed by atoms with Crippen molar-refractivity contribution in [1.82, 2.24) is 4.90 Å². The molecule has 0 spiro atoms. The lowest BCUT2D eigenvalue weighted by atomic mass is 10.1. The quantitative estimate of drug-likeness (QED) is 0.486. The van der Waals surface area contributed by atoms with Crippen molar-refractivity contribution < 1.29 is 18.9 Å². The summed E-state index contributed by atoms with van der Waals surface area (Å²) in [5.41, 5.74) is 0.672. The van der Waals surface area contributed by atoms with Gasteiger partial charge in [0.05, 0.1) is 4.92 Å². The Morgan fingerprint density at radius 1 is 1.21 bits per heavy atom. The monoisotopic (exact) mass is 330 g/mol. The first-order valence-electron chi connectivity index (χ1n) is 7.77. The first-order valence-corrected chi connectivity index (χ1v) is 7.77. The van der Waals surface area contributed by atoms with E-state index in [-0.39, 0.29) is 17.6 Å². The van der Waals surface area contributed by atoms with Gasteiger partial charge in [0, 0.05) is 30.8 Å². The summed E-state index contributed by atoms with van der Waals surface area (Å²) < 4.78 is 11.0. The zero-order valence-corrected chi connectivity index (χ0v) is 13.3. The number of furan rings is 1. The fourth-order valence-electron chi connectivity index (χ4n) is 2.66. The largest absolute Gasteiger partial charge is 0.456 e. The molecule has 1 fully saturated rings. The molecule has 0 aliphatic carbocycles. The minimum atomic E-state index is -0.474. The standard InChI is InChI=1S/C17H18N2O5/c1-18-10-8-14(9-11-18)23-17(20)16-7-6-15(24-16)12-2-4-13(5-3-12)19(21)22/h2-7,14H,8-11H2,1H3. The average Bonchev–Trinajstić information content (AvgIpc) is 3.07. The van der Waals surface area contributed by atoms with Crippen molar-refractivity contribution in [3.05, 3.63) is 52.3 Å². The maximum Gasteiger partial charge on any atom is 0.374 e. The molecule has 0 saturated carbocycles. The molecule has 126 valence electrons. The van der Waals surface area contributed by atoms with Crippen molar-refractivity contribution in [2.24, 2.45) is 0 Å². The molecule has 1 aromatic heterocycles. The van der Waals surface area contributed by atoms with Gasteiger partial charge in [0.2, 0.25) is 5.76 Å². The van der Waals surface area contributed by atoms with Crippen LogP contribution in [-0.2, 0) is 4.74 Å². The number of piperidine rings is 1. The Labute approximate surface area is 139 Å². The summed E-state index contributed by atoms with van der Waals surface area (Å²) in [6, 6.07) is 9.19. The highest BCUT2D eigenvalue weighted by Crippen LogP contribution is 2.25.